The van der Waals surface area contributed by atoms with Gasteiger partial charge in [-0.25, -0.2) is 0 Å². The Balaban J connectivity index is 0.00000144. The van der Waals surface area contributed by atoms with E-state index in [1.54, 1.807) is 7.11 Å². The predicted molar refractivity (Wildman–Crippen MR) is 72.7 cm³/mol. The van der Waals surface area contributed by atoms with Crippen molar-refractivity contribution in [2.45, 2.75) is 25.4 Å². The predicted octanol–water partition coefficient (Wildman–Crippen LogP) is 2.04. The van der Waals surface area contributed by atoms with Crippen LogP contribution >= 0.6 is 12.4 Å². The number of methoxy groups -OCH3 is 1. The zero-order chi connectivity index (χ0) is 11.4. The molecule has 1 fully saturated rings. The lowest BCUT2D eigenvalue weighted by atomic mass is 10.1. The number of nitrogens with two attached hydrogens (primary N) is 1. The third-order valence-electron chi connectivity index (χ3n) is 3.29. The van der Waals surface area contributed by atoms with E-state index in [0.717, 1.165) is 18.8 Å². The molecule has 1 heterocycles. The van der Waals surface area contributed by atoms with Crippen molar-refractivity contribution in [3.63, 3.8) is 0 Å². The van der Waals surface area contributed by atoms with Crippen molar-refractivity contribution < 1.29 is 4.74 Å². The van der Waals surface area contributed by atoms with E-state index >= 15 is 0 Å². The maximum atomic E-state index is 5.77. The van der Waals surface area contributed by atoms with Gasteiger partial charge in [0.1, 0.15) is 5.75 Å². The number of hydrogen-bond acceptors (Lipinski definition) is 3. The summed E-state index contributed by atoms with van der Waals surface area (Å²) in [7, 11) is 1.71. The minimum absolute atomic E-state index is 0. The van der Waals surface area contributed by atoms with Crippen molar-refractivity contribution in [2.24, 2.45) is 5.73 Å². The molecule has 4 heteroatoms. The fourth-order valence-electron chi connectivity index (χ4n) is 2.38. The zero-order valence-electron chi connectivity index (χ0n) is 10.3. The summed E-state index contributed by atoms with van der Waals surface area (Å²) < 4.78 is 5.23. The van der Waals surface area contributed by atoms with E-state index < -0.39 is 0 Å². The molecule has 1 saturated heterocycles. The van der Waals surface area contributed by atoms with Gasteiger partial charge >= 0.3 is 0 Å². The molecule has 96 valence electrons. The van der Waals surface area contributed by atoms with Gasteiger partial charge in [-0.05, 0) is 37.1 Å². The molecule has 1 aliphatic heterocycles. The molecule has 0 bridgehead atoms. The molecule has 2 rings (SSSR count). The first-order chi connectivity index (χ1) is 7.83. The average Bonchev–Trinajstić information content (AvgIpc) is 2.76. The van der Waals surface area contributed by atoms with E-state index in [4.69, 9.17) is 10.5 Å². The highest BCUT2D eigenvalue weighted by Crippen LogP contribution is 2.21. The molecule has 0 spiro atoms. The van der Waals surface area contributed by atoms with Gasteiger partial charge in [-0.3, -0.25) is 4.90 Å². The zero-order valence-corrected chi connectivity index (χ0v) is 11.1. The number of halogens is 1. The second-order valence-electron chi connectivity index (χ2n) is 4.35. The van der Waals surface area contributed by atoms with Crippen LogP contribution in [0.1, 0.15) is 18.4 Å². The van der Waals surface area contributed by atoms with Gasteiger partial charge in [0, 0.05) is 19.1 Å². The lowest BCUT2D eigenvalue weighted by molar-refractivity contribution is 0.250. The second kappa shape index (κ2) is 6.84. The Morgan fingerprint density at radius 2 is 2.29 bits per heavy atom. The lowest BCUT2D eigenvalue weighted by Gasteiger charge is -2.23. The quantitative estimate of drug-likeness (QED) is 0.896. The van der Waals surface area contributed by atoms with Crippen LogP contribution in [0.3, 0.4) is 0 Å². The Kier molecular flexibility index (Phi) is 5.75. The molecule has 1 aromatic rings. The third-order valence-corrected chi connectivity index (χ3v) is 3.29. The Morgan fingerprint density at radius 3 is 3.00 bits per heavy atom. The second-order valence-corrected chi connectivity index (χ2v) is 4.35. The molecule has 2 N–H and O–H groups in total. The van der Waals surface area contributed by atoms with Gasteiger partial charge in [-0.15, -0.1) is 12.4 Å². The van der Waals surface area contributed by atoms with Crippen LogP contribution in [0.5, 0.6) is 5.75 Å². The highest BCUT2D eigenvalue weighted by Gasteiger charge is 2.22. The average molecular weight is 257 g/mol. The van der Waals surface area contributed by atoms with Crippen molar-refractivity contribution in [3.8, 4) is 5.75 Å². The molecule has 0 aromatic heterocycles. The van der Waals surface area contributed by atoms with Gasteiger partial charge in [-0.2, -0.15) is 0 Å². The van der Waals surface area contributed by atoms with Crippen molar-refractivity contribution in [1.82, 2.24) is 4.90 Å². The van der Waals surface area contributed by atoms with E-state index in [9.17, 15) is 0 Å². The maximum absolute atomic E-state index is 5.77. The first kappa shape index (κ1) is 14.3. The number of ether oxygens (including phenoxy) is 1. The van der Waals surface area contributed by atoms with E-state index in [0.29, 0.717) is 6.04 Å². The Morgan fingerprint density at radius 1 is 1.47 bits per heavy atom. The number of hydrogen-bond donors (Lipinski definition) is 1. The molecule has 1 aromatic carbocycles. The monoisotopic (exact) mass is 256 g/mol. The van der Waals surface area contributed by atoms with E-state index in [1.807, 2.05) is 12.1 Å². The van der Waals surface area contributed by atoms with Crippen molar-refractivity contribution in [2.75, 3.05) is 20.2 Å². The molecule has 0 aliphatic carbocycles. The van der Waals surface area contributed by atoms with Crippen LogP contribution in [0.25, 0.3) is 0 Å². The number of benzene rings is 1. The highest BCUT2D eigenvalue weighted by molar-refractivity contribution is 5.85. The van der Waals surface area contributed by atoms with Crippen molar-refractivity contribution in [3.05, 3.63) is 29.8 Å². The third kappa shape index (κ3) is 3.60. The van der Waals surface area contributed by atoms with E-state index in [2.05, 4.69) is 17.0 Å². The Hall–Kier alpha value is -0.770. The maximum Gasteiger partial charge on any atom is 0.119 e. The van der Waals surface area contributed by atoms with E-state index in [-0.39, 0.29) is 12.4 Å². The molecular weight excluding hydrogens is 236 g/mol. The smallest absolute Gasteiger partial charge is 0.119 e. The van der Waals surface area contributed by atoms with Crippen LogP contribution in [-0.4, -0.2) is 31.1 Å². The molecule has 1 unspecified atom stereocenters. The summed E-state index contributed by atoms with van der Waals surface area (Å²) in [6, 6.07) is 8.84. The van der Waals surface area contributed by atoms with Gasteiger partial charge in [0.15, 0.2) is 0 Å². The molecule has 1 atom stereocenters. The number of nitrogens with zero attached hydrogens (tertiary/aromatic N) is 1. The largest absolute Gasteiger partial charge is 0.497 e. The van der Waals surface area contributed by atoms with Gasteiger partial charge in [0.05, 0.1) is 7.11 Å². The first-order valence-electron chi connectivity index (χ1n) is 5.90. The Labute approximate surface area is 109 Å². The minimum Gasteiger partial charge on any atom is -0.497 e. The Bertz CT molecular complexity index is 346. The highest BCUT2D eigenvalue weighted by atomic mass is 35.5. The molecule has 17 heavy (non-hydrogen) atoms. The van der Waals surface area contributed by atoms with E-state index in [1.165, 1.54) is 24.9 Å². The normalized spacial score (nSPS) is 20.0. The van der Waals surface area contributed by atoms with Crippen LogP contribution in [-0.2, 0) is 6.54 Å². The van der Waals surface area contributed by atoms with Gasteiger partial charge in [0.25, 0.3) is 0 Å². The summed E-state index contributed by atoms with van der Waals surface area (Å²) in [5.41, 5.74) is 7.07. The standard InChI is InChI=1S/C13H20N2O.ClH/c1-16-13-6-2-4-11(8-13)10-15-7-3-5-12(15)9-14;/h2,4,6,8,12H,3,5,7,9-10,14H2,1H3;1H. The molecule has 3 nitrogen and oxygen atoms in total. The summed E-state index contributed by atoms with van der Waals surface area (Å²) in [5.74, 6) is 0.931. The fraction of sp³-hybridized carbons (Fsp3) is 0.538. The summed E-state index contributed by atoms with van der Waals surface area (Å²) in [6.45, 7) is 2.92. The van der Waals surface area contributed by atoms with Crippen LogP contribution in [0.4, 0.5) is 0 Å². The first-order valence-corrected chi connectivity index (χ1v) is 5.90. The minimum atomic E-state index is 0. The lowest BCUT2D eigenvalue weighted by Crippen LogP contribution is -2.34. The van der Waals surface area contributed by atoms with Crippen molar-refractivity contribution >= 4 is 12.4 Å². The van der Waals surface area contributed by atoms with Gasteiger partial charge in [-0.1, -0.05) is 12.1 Å². The molecule has 0 radical (unpaired) electrons. The molecule has 0 amide bonds. The number of likely N-dealkylation sites (tertiary alicyclic amines) is 1. The summed E-state index contributed by atoms with van der Waals surface area (Å²) in [4.78, 5) is 2.47. The van der Waals surface area contributed by atoms with Crippen LogP contribution in [0.2, 0.25) is 0 Å². The van der Waals surface area contributed by atoms with Crippen molar-refractivity contribution in [1.29, 1.82) is 0 Å². The molecular formula is C13H21ClN2O. The number of rotatable bonds is 4. The van der Waals surface area contributed by atoms with Gasteiger partial charge < -0.3 is 10.5 Å². The topological polar surface area (TPSA) is 38.5 Å². The van der Waals surface area contributed by atoms with Gasteiger partial charge in [0.2, 0.25) is 0 Å². The SMILES string of the molecule is COc1cccc(CN2CCCC2CN)c1.Cl. The molecule has 0 saturated carbocycles. The van der Waals surface area contributed by atoms with Crippen LogP contribution in [0, 0.1) is 0 Å². The van der Waals surface area contributed by atoms with Crippen LogP contribution in [0.15, 0.2) is 24.3 Å². The summed E-state index contributed by atoms with van der Waals surface area (Å²) in [6.07, 6.45) is 2.51. The summed E-state index contributed by atoms with van der Waals surface area (Å²) in [5, 5.41) is 0. The van der Waals surface area contributed by atoms with Crippen LogP contribution < -0.4 is 10.5 Å². The fourth-order valence-corrected chi connectivity index (χ4v) is 2.38. The summed E-state index contributed by atoms with van der Waals surface area (Å²) >= 11 is 0. The molecule has 1 aliphatic rings.